The minimum atomic E-state index is -0.133. The quantitative estimate of drug-likeness (QED) is 0.682. The second kappa shape index (κ2) is 8.66. The van der Waals surface area contributed by atoms with Crippen molar-refractivity contribution >= 4 is 5.91 Å². The van der Waals surface area contributed by atoms with Crippen molar-refractivity contribution in [1.82, 2.24) is 10.3 Å². The summed E-state index contributed by atoms with van der Waals surface area (Å²) in [6.45, 7) is 4.75. The first kappa shape index (κ1) is 13.6. The zero-order chi connectivity index (χ0) is 12.3. The Morgan fingerprint density at radius 1 is 1.35 bits per heavy atom. The van der Waals surface area contributed by atoms with Gasteiger partial charge in [0, 0.05) is 25.5 Å². The van der Waals surface area contributed by atoms with Gasteiger partial charge in [-0.2, -0.15) is 0 Å². The predicted octanol–water partition coefficient (Wildman–Crippen LogP) is 0.864. The first-order valence-electron chi connectivity index (χ1n) is 5.68. The number of hydrogen-bond donors (Lipinski definition) is 1. The van der Waals surface area contributed by atoms with Gasteiger partial charge in [0.25, 0.3) is 5.91 Å². The number of ether oxygens (including phenoxy) is 2. The fourth-order valence-electron chi connectivity index (χ4n) is 1.20. The van der Waals surface area contributed by atoms with Gasteiger partial charge in [0.05, 0.1) is 25.4 Å². The van der Waals surface area contributed by atoms with Gasteiger partial charge in [0.1, 0.15) is 0 Å². The van der Waals surface area contributed by atoms with E-state index in [-0.39, 0.29) is 5.91 Å². The maximum Gasteiger partial charge on any atom is 0.252 e. The molecule has 0 saturated carbocycles. The van der Waals surface area contributed by atoms with E-state index in [2.05, 4.69) is 10.3 Å². The molecule has 1 amide bonds. The van der Waals surface area contributed by atoms with Crippen molar-refractivity contribution in [2.75, 3.05) is 33.0 Å². The van der Waals surface area contributed by atoms with Crippen LogP contribution < -0.4 is 5.32 Å². The molecule has 0 atom stereocenters. The molecule has 1 N–H and O–H groups in total. The fourth-order valence-corrected chi connectivity index (χ4v) is 1.20. The third kappa shape index (κ3) is 5.99. The normalized spacial score (nSPS) is 10.2. The van der Waals surface area contributed by atoms with Gasteiger partial charge >= 0.3 is 0 Å². The van der Waals surface area contributed by atoms with Crippen molar-refractivity contribution in [1.29, 1.82) is 0 Å². The summed E-state index contributed by atoms with van der Waals surface area (Å²) >= 11 is 0. The maximum absolute atomic E-state index is 11.5. The van der Waals surface area contributed by atoms with Crippen molar-refractivity contribution < 1.29 is 14.3 Å². The second-order valence-corrected chi connectivity index (χ2v) is 3.31. The van der Waals surface area contributed by atoms with Crippen LogP contribution in [-0.2, 0) is 9.47 Å². The fraction of sp³-hybridized carbons (Fsp3) is 0.500. The molecular formula is C12H18N2O3. The van der Waals surface area contributed by atoms with Crippen LogP contribution in [0, 0.1) is 0 Å². The highest BCUT2D eigenvalue weighted by molar-refractivity contribution is 5.93. The van der Waals surface area contributed by atoms with Gasteiger partial charge in [0.15, 0.2) is 0 Å². The molecule has 0 bridgehead atoms. The number of aromatic nitrogens is 1. The Morgan fingerprint density at radius 2 is 2.18 bits per heavy atom. The summed E-state index contributed by atoms with van der Waals surface area (Å²) < 4.78 is 10.4. The summed E-state index contributed by atoms with van der Waals surface area (Å²) in [7, 11) is 0. The largest absolute Gasteiger partial charge is 0.379 e. The molecule has 0 unspecified atom stereocenters. The van der Waals surface area contributed by atoms with E-state index in [4.69, 9.17) is 9.47 Å². The number of nitrogens with one attached hydrogen (secondary N) is 1. The molecule has 0 spiro atoms. The lowest BCUT2D eigenvalue weighted by atomic mass is 10.3. The van der Waals surface area contributed by atoms with Crippen LogP contribution in [0.25, 0.3) is 0 Å². The minimum Gasteiger partial charge on any atom is -0.379 e. The standard InChI is InChI=1S/C12H18N2O3/c1-2-16-8-9-17-7-6-14-12(15)11-4-3-5-13-10-11/h3-5,10H,2,6-9H2,1H3,(H,14,15). The highest BCUT2D eigenvalue weighted by Gasteiger charge is 2.03. The van der Waals surface area contributed by atoms with Gasteiger partial charge in [0.2, 0.25) is 0 Å². The molecule has 0 aliphatic rings. The zero-order valence-electron chi connectivity index (χ0n) is 10.0. The summed E-state index contributed by atoms with van der Waals surface area (Å²) in [6.07, 6.45) is 3.17. The Morgan fingerprint density at radius 3 is 2.88 bits per heavy atom. The zero-order valence-corrected chi connectivity index (χ0v) is 10.0. The Kier molecular flexibility index (Phi) is 6.93. The van der Waals surface area contributed by atoms with Crippen LogP contribution in [0.3, 0.4) is 0 Å². The maximum atomic E-state index is 11.5. The average Bonchev–Trinajstić information content (AvgIpc) is 2.38. The van der Waals surface area contributed by atoms with Crippen molar-refractivity contribution in [3.63, 3.8) is 0 Å². The van der Waals surface area contributed by atoms with Crippen molar-refractivity contribution in [2.24, 2.45) is 0 Å². The SMILES string of the molecule is CCOCCOCCNC(=O)c1cccnc1. The minimum absolute atomic E-state index is 0.133. The number of hydrogen-bond acceptors (Lipinski definition) is 4. The number of carbonyl (C=O) groups is 1. The van der Waals surface area contributed by atoms with E-state index in [1.807, 2.05) is 6.92 Å². The Bertz CT molecular complexity index is 317. The third-order valence-electron chi connectivity index (χ3n) is 2.03. The molecule has 0 aliphatic carbocycles. The Balaban J connectivity index is 2.05. The van der Waals surface area contributed by atoms with Gasteiger partial charge in [-0.25, -0.2) is 0 Å². The summed E-state index contributed by atoms with van der Waals surface area (Å²) in [5.74, 6) is -0.133. The summed E-state index contributed by atoms with van der Waals surface area (Å²) in [5.41, 5.74) is 0.557. The summed E-state index contributed by atoms with van der Waals surface area (Å²) in [4.78, 5) is 15.4. The smallest absolute Gasteiger partial charge is 0.252 e. The van der Waals surface area contributed by atoms with Crippen LogP contribution in [0.15, 0.2) is 24.5 Å². The molecule has 0 saturated heterocycles. The molecule has 5 nitrogen and oxygen atoms in total. The van der Waals surface area contributed by atoms with Crippen LogP contribution in [0.1, 0.15) is 17.3 Å². The first-order chi connectivity index (χ1) is 8.34. The van der Waals surface area contributed by atoms with E-state index in [9.17, 15) is 4.79 Å². The highest BCUT2D eigenvalue weighted by atomic mass is 16.5. The van der Waals surface area contributed by atoms with Crippen LogP contribution in [-0.4, -0.2) is 43.9 Å². The monoisotopic (exact) mass is 238 g/mol. The molecule has 0 aromatic carbocycles. The lowest BCUT2D eigenvalue weighted by Gasteiger charge is -2.06. The molecule has 94 valence electrons. The molecular weight excluding hydrogens is 220 g/mol. The van der Waals surface area contributed by atoms with Gasteiger partial charge in [-0.1, -0.05) is 0 Å². The molecule has 5 heteroatoms. The molecule has 0 fully saturated rings. The number of nitrogens with zero attached hydrogens (tertiary/aromatic N) is 1. The highest BCUT2D eigenvalue weighted by Crippen LogP contribution is 1.94. The molecule has 1 aromatic rings. The number of rotatable bonds is 8. The van der Waals surface area contributed by atoms with Gasteiger partial charge in [-0.3, -0.25) is 9.78 Å². The van der Waals surface area contributed by atoms with Crippen LogP contribution in [0.5, 0.6) is 0 Å². The second-order valence-electron chi connectivity index (χ2n) is 3.31. The summed E-state index contributed by atoms with van der Waals surface area (Å²) in [6, 6.07) is 3.45. The van der Waals surface area contributed by atoms with E-state index in [0.717, 1.165) is 0 Å². The Hall–Kier alpha value is -1.46. The lowest BCUT2D eigenvalue weighted by molar-refractivity contribution is 0.0531. The molecule has 17 heavy (non-hydrogen) atoms. The molecule has 0 radical (unpaired) electrons. The third-order valence-corrected chi connectivity index (χ3v) is 2.03. The molecule has 1 aromatic heterocycles. The Labute approximate surface area is 101 Å². The molecule has 1 rings (SSSR count). The topological polar surface area (TPSA) is 60.5 Å². The van der Waals surface area contributed by atoms with Crippen LogP contribution in [0.2, 0.25) is 0 Å². The number of pyridine rings is 1. The van der Waals surface area contributed by atoms with Crippen LogP contribution in [0.4, 0.5) is 0 Å². The first-order valence-corrected chi connectivity index (χ1v) is 5.68. The van der Waals surface area contributed by atoms with E-state index < -0.39 is 0 Å². The van der Waals surface area contributed by atoms with Crippen molar-refractivity contribution in [2.45, 2.75) is 6.92 Å². The predicted molar refractivity (Wildman–Crippen MR) is 63.9 cm³/mol. The molecule has 0 aliphatic heterocycles. The number of amides is 1. The van der Waals surface area contributed by atoms with E-state index in [1.165, 1.54) is 6.20 Å². The van der Waals surface area contributed by atoms with Gasteiger partial charge in [-0.15, -0.1) is 0 Å². The van der Waals surface area contributed by atoms with Gasteiger partial charge < -0.3 is 14.8 Å². The summed E-state index contributed by atoms with van der Waals surface area (Å²) in [5, 5.41) is 2.75. The average molecular weight is 238 g/mol. The molecule has 1 heterocycles. The lowest BCUT2D eigenvalue weighted by Crippen LogP contribution is -2.27. The van der Waals surface area contributed by atoms with Gasteiger partial charge in [-0.05, 0) is 19.1 Å². The van der Waals surface area contributed by atoms with E-state index >= 15 is 0 Å². The van der Waals surface area contributed by atoms with Crippen LogP contribution >= 0.6 is 0 Å². The van der Waals surface area contributed by atoms with E-state index in [0.29, 0.717) is 38.5 Å². The van der Waals surface area contributed by atoms with E-state index in [1.54, 1.807) is 18.3 Å². The van der Waals surface area contributed by atoms with Crippen molar-refractivity contribution in [3.05, 3.63) is 30.1 Å². The van der Waals surface area contributed by atoms with Crippen molar-refractivity contribution in [3.8, 4) is 0 Å². The number of carbonyl (C=O) groups excluding carboxylic acids is 1.